The monoisotopic (exact) mass is 774 g/mol. The van der Waals surface area contributed by atoms with Crippen LogP contribution < -0.4 is 11.5 Å². The molecule has 0 aliphatic heterocycles. The van der Waals surface area contributed by atoms with E-state index in [0.717, 1.165) is 38.5 Å². The van der Waals surface area contributed by atoms with Crippen molar-refractivity contribution in [2.24, 2.45) is 0 Å². The molecule has 0 saturated carbocycles. The number of esters is 2. The van der Waals surface area contributed by atoms with Gasteiger partial charge in [0.1, 0.15) is 0 Å². The van der Waals surface area contributed by atoms with Gasteiger partial charge in [-0.25, -0.2) is 9.59 Å². The Morgan fingerprint density at radius 2 is 1.36 bits per heavy atom. The quantitative estimate of drug-likeness (QED) is 0.0637. The van der Waals surface area contributed by atoms with Crippen molar-refractivity contribution in [3.63, 3.8) is 0 Å². The zero-order valence-corrected chi connectivity index (χ0v) is 28.4. The van der Waals surface area contributed by atoms with Crippen molar-refractivity contribution >= 4 is 54.0 Å². The Morgan fingerprint density at radius 3 is 1.82 bits per heavy atom. The van der Waals surface area contributed by atoms with Crippen molar-refractivity contribution < 1.29 is 50.1 Å². The van der Waals surface area contributed by atoms with E-state index in [9.17, 15) is 35.9 Å². The molecule has 0 spiro atoms. The van der Waals surface area contributed by atoms with E-state index in [1.54, 1.807) is 13.0 Å². The molecular formula is C28H33F6IN4O5Si. The van der Waals surface area contributed by atoms with Gasteiger partial charge in [0.05, 0.1) is 69.1 Å². The minimum absolute atomic E-state index is 0.0695. The number of anilines is 2. The summed E-state index contributed by atoms with van der Waals surface area (Å²) in [6, 6.07) is 5.20. The van der Waals surface area contributed by atoms with E-state index >= 15 is 0 Å². The molecule has 248 valence electrons. The number of benzene rings is 2. The van der Waals surface area contributed by atoms with Crippen molar-refractivity contribution in [1.82, 2.24) is 9.78 Å². The van der Waals surface area contributed by atoms with Crippen LogP contribution in [0.5, 0.6) is 0 Å². The predicted molar refractivity (Wildman–Crippen MR) is 167 cm³/mol. The fourth-order valence-corrected chi connectivity index (χ4v) is 5.44. The zero-order chi connectivity index (χ0) is 34.5. The fraction of sp³-hybridized carbons (Fsp3) is 0.393. The number of carbonyl (C=O) groups is 2. The minimum Gasteiger partial charge on any atom is -0.465 e. The van der Waals surface area contributed by atoms with Crippen LogP contribution in [0.15, 0.2) is 30.3 Å². The molecule has 0 saturated heterocycles. The number of nitrogens with two attached hydrogens (primary N) is 2. The first-order valence-electron chi connectivity index (χ1n) is 13.1. The molecule has 2 aromatic carbocycles. The van der Waals surface area contributed by atoms with Gasteiger partial charge in [-0.3, -0.25) is 4.68 Å². The Hall–Kier alpha value is -3.32. The molecule has 0 fully saturated rings. The number of aryl methyl sites for hydroxylation is 1. The van der Waals surface area contributed by atoms with Gasteiger partial charge in [-0.1, -0.05) is 19.6 Å². The maximum Gasteiger partial charge on any atom is 0.417 e. The second-order valence-electron chi connectivity index (χ2n) is 10.9. The number of nitrogens with zero attached hydrogens (tertiary/aromatic N) is 2. The number of hydrogen-bond donors (Lipinski definition) is 2. The second-order valence-corrected chi connectivity index (χ2v) is 17.5. The van der Waals surface area contributed by atoms with Crippen LogP contribution in [-0.2, 0) is 33.1 Å². The van der Waals surface area contributed by atoms with Gasteiger partial charge in [-0.15, -0.1) is 0 Å². The van der Waals surface area contributed by atoms with Gasteiger partial charge in [-0.2, -0.15) is 31.4 Å². The highest BCUT2D eigenvalue weighted by atomic mass is 127. The number of rotatable bonds is 8. The first kappa shape index (κ1) is 37.9. The molecular weight excluding hydrogens is 741 g/mol. The standard InChI is InChI=1S/C19H26F3N3O3Si.C9H7F3INO2/c1-12-8-17(25(24-12)6-7-28-11-29(3,4)5)13-9-14(18(26)27-2)16(23)10-15(13)19(20,21)22;1-16-8(15)4-2-6(13)5(3-7(4)14)9(10,11)12/h8-10H,6-7,11,23H2,1-5H3;2-3H,14H2,1H3. The van der Waals surface area contributed by atoms with Crippen LogP contribution >= 0.6 is 22.6 Å². The summed E-state index contributed by atoms with van der Waals surface area (Å²) in [5.41, 5.74) is 9.10. The number of methoxy groups -OCH3 is 2. The molecule has 45 heavy (non-hydrogen) atoms. The van der Waals surface area contributed by atoms with E-state index in [2.05, 4.69) is 34.2 Å². The van der Waals surface area contributed by atoms with E-state index in [1.165, 1.54) is 27.3 Å². The molecule has 0 atom stereocenters. The molecule has 17 heteroatoms. The third-order valence-corrected chi connectivity index (χ3v) is 7.87. The predicted octanol–water partition coefficient (Wildman–Crippen LogP) is 6.82. The molecule has 4 N–H and O–H groups in total. The average molecular weight is 775 g/mol. The molecule has 9 nitrogen and oxygen atoms in total. The molecule has 0 unspecified atom stereocenters. The van der Waals surface area contributed by atoms with E-state index in [4.69, 9.17) is 16.2 Å². The highest BCUT2D eigenvalue weighted by molar-refractivity contribution is 14.1. The number of hydrogen-bond acceptors (Lipinski definition) is 8. The van der Waals surface area contributed by atoms with Crippen LogP contribution in [0.25, 0.3) is 11.3 Å². The van der Waals surface area contributed by atoms with E-state index in [1.807, 2.05) is 0 Å². The normalized spacial score (nSPS) is 11.9. The van der Waals surface area contributed by atoms with E-state index in [0.29, 0.717) is 18.5 Å². The largest absolute Gasteiger partial charge is 0.465 e. The lowest BCUT2D eigenvalue weighted by atomic mass is 9.98. The van der Waals surface area contributed by atoms with Gasteiger partial charge >= 0.3 is 24.3 Å². The van der Waals surface area contributed by atoms with Gasteiger partial charge in [0, 0.05) is 26.7 Å². The van der Waals surface area contributed by atoms with Gasteiger partial charge in [-0.05, 0) is 59.8 Å². The number of halogens is 7. The van der Waals surface area contributed by atoms with Crippen LogP contribution in [0.4, 0.5) is 37.7 Å². The van der Waals surface area contributed by atoms with Crippen molar-refractivity contribution in [2.45, 2.75) is 45.5 Å². The number of alkyl halides is 6. The van der Waals surface area contributed by atoms with Crippen molar-refractivity contribution in [3.05, 3.63) is 61.8 Å². The summed E-state index contributed by atoms with van der Waals surface area (Å²) in [4.78, 5) is 23.1. The van der Waals surface area contributed by atoms with Crippen LogP contribution in [-0.4, -0.2) is 56.8 Å². The molecule has 3 rings (SSSR count). The first-order chi connectivity index (χ1) is 20.6. The Balaban J connectivity index is 0.000000372. The van der Waals surface area contributed by atoms with E-state index < -0.39 is 43.5 Å². The Labute approximate surface area is 270 Å². The van der Waals surface area contributed by atoms with Crippen LogP contribution in [0.2, 0.25) is 19.6 Å². The summed E-state index contributed by atoms with van der Waals surface area (Å²) in [5.74, 6) is -1.57. The fourth-order valence-electron chi connectivity index (χ4n) is 3.91. The van der Waals surface area contributed by atoms with Crippen LogP contribution in [0, 0.1) is 10.5 Å². The Bertz CT molecular complexity index is 1540. The summed E-state index contributed by atoms with van der Waals surface area (Å²) in [5, 5.41) is 4.29. The Morgan fingerprint density at radius 1 is 0.867 bits per heavy atom. The maximum atomic E-state index is 13.7. The van der Waals surface area contributed by atoms with Crippen molar-refractivity contribution in [1.29, 1.82) is 0 Å². The highest BCUT2D eigenvalue weighted by Gasteiger charge is 2.36. The molecule has 1 heterocycles. The first-order valence-corrected chi connectivity index (χ1v) is 17.9. The second kappa shape index (κ2) is 14.8. The third kappa shape index (κ3) is 10.3. The van der Waals surface area contributed by atoms with Gasteiger partial charge in [0.15, 0.2) is 0 Å². The lowest BCUT2D eigenvalue weighted by Gasteiger charge is -2.18. The topological polar surface area (TPSA) is 132 Å². The molecule has 0 aliphatic rings. The van der Waals surface area contributed by atoms with Crippen molar-refractivity contribution in [2.75, 3.05) is 38.5 Å². The van der Waals surface area contributed by atoms with Gasteiger partial charge in [0.2, 0.25) is 0 Å². The number of nitrogen functional groups attached to an aromatic ring is 2. The number of ether oxygens (including phenoxy) is 3. The lowest BCUT2D eigenvalue weighted by molar-refractivity contribution is -0.138. The number of aromatic nitrogens is 2. The molecule has 1 aromatic heterocycles. The van der Waals surface area contributed by atoms with Gasteiger partial charge < -0.3 is 25.7 Å². The van der Waals surface area contributed by atoms with Gasteiger partial charge in [0.25, 0.3) is 0 Å². The lowest BCUT2D eigenvalue weighted by Crippen LogP contribution is -2.29. The molecule has 0 amide bonds. The van der Waals surface area contributed by atoms with Crippen LogP contribution in [0.1, 0.15) is 37.5 Å². The summed E-state index contributed by atoms with van der Waals surface area (Å²) in [7, 11) is 0.875. The molecule has 3 aromatic rings. The summed E-state index contributed by atoms with van der Waals surface area (Å²) in [6.45, 7) is 8.77. The molecule has 0 bridgehead atoms. The van der Waals surface area contributed by atoms with Crippen molar-refractivity contribution in [3.8, 4) is 11.3 Å². The Kier molecular flexibility index (Phi) is 12.5. The smallest absolute Gasteiger partial charge is 0.417 e. The molecule has 0 aliphatic carbocycles. The summed E-state index contributed by atoms with van der Waals surface area (Å²) in [6.07, 6.45) is -8.50. The molecule has 0 radical (unpaired) electrons. The highest BCUT2D eigenvalue weighted by Crippen LogP contribution is 2.40. The summed E-state index contributed by atoms with van der Waals surface area (Å²) < 4.78 is 94.5. The maximum absolute atomic E-state index is 13.7. The minimum atomic E-state index is -4.66. The zero-order valence-electron chi connectivity index (χ0n) is 25.2. The number of carbonyl (C=O) groups excluding carboxylic acids is 2. The summed E-state index contributed by atoms with van der Waals surface area (Å²) >= 11 is 1.49. The average Bonchev–Trinajstić information content (AvgIpc) is 3.29. The van der Waals surface area contributed by atoms with Crippen LogP contribution in [0.3, 0.4) is 0 Å². The van der Waals surface area contributed by atoms with E-state index in [-0.39, 0.29) is 43.9 Å². The SMILES string of the molecule is COC(=O)c1cc(-c2cc(C)nn2CCOC[Si](C)(C)C)c(C(F)(F)F)cc1N.COC(=O)c1cc(I)c(C(F)(F)F)cc1N. The third-order valence-electron chi connectivity index (χ3n) is 5.91.